The maximum Gasteiger partial charge on any atom is 0.217 e. The molecule has 4 saturated carbocycles. The van der Waals surface area contributed by atoms with Crippen molar-refractivity contribution in [1.82, 2.24) is 0 Å². The van der Waals surface area contributed by atoms with E-state index < -0.39 is 22.8 Å². The van der Waals surface area contributed by atoms with Crippen LogP contribution >= 0.6 is 11.6 Å². The summed E-state index contributed by atoms with van der Waals surface area (Å²) in [5.74, 6) is -1.72. The van der Waals surface area contributed by atoms with Crippen LogP contribution in [0.3, 0.4) is 0 Å². The van der Waals surface area contributed by atoms with E-state index in [9.17, 15) is 5.26 Å². The van der Waals surface area contributed by atoms with Gasteiger partial charge in [0.1, 0.15) is 5.06 Å². The van der Waals surface area contributed by atoms with E-state index in [1.807, 2.05) is 13.8 Å². The van der Waals surface area contributed by atoms with Crippen molar-refractivity contribution < 1.29 is 18.6 Å². The van der Waals surface area contributed by atoms with E-state index >= 15 is 4.39 Å². The highest BCUT2D eigenvalue weighted by Gasteiger charge is 2.66. The molecule has 4 bridgehead atoms. The Morgan fingerprint density at radius 1 is 1.21 bits per heavy atom. The lowest BCUT2D eigenvalue weighted by molar-refractivity contribution is -0.354. The molecule has 0 amide bonds. The van der Waals surface area contributed by atoms with Crippen LogP contribution in [-0.2, 0) is 14.2 Å². The predicted molar refractivity (Wildman–Crippen MR) is 111 cm³/mol. The summed E-state index contributed by atoms with van der Waals surface area (Å²) in [6.45, 7) is 8.37. The summed E-state index contributed by atoms with van der Waals surface area (Å²) in [5.41, 5.74) is -0.394. The number of nitriles is 1. The third-order valence-electron chi connectivity index (χ3n) is 7.20. The second-order valence-corrected chi connectivity index (χ2v) is 10.4. The van der Waals surface area contributed by atoms with Crippen LogP contribution in [0.25, 0.3) is 0 Å². The van der Waals surface area contributed by atoms with Crippen LogP contribution in [0.5, 0.6) is 0 Å². The first-order valence-corrected chi connectivity index (χ1v) is 11.8. The minimum Gasteiger partial charge on any atom is -0.353 e. The lowest BCUT2D eigenvalue weighted by atomic mass is 9.52. The zero-order valence-corrected chi connectivity index (χ0v) is 19.1. The van der Waals surface area contributed by atoms with E-state index in [2.05, 4.69) is 13.0 Å². The molecule has 4 nitrogen and oxygen atoms in total. The van der Waals surface area contributed by atoms with Crippen molar-refractivity contribution >= 4 is 11.6 Å². The van der Waals surface area contributed by atoms with Crippen molar-refractivity contribution in [3.05, 3.63) is 0 Å². The molecule has 0 aromatic heterocycles. The number of nitrogens with zero attached hydrogens (tertiary/aromatic N) is 1. The molecular formula is C23H37ClFNO3. The fraction of sp³-hybridized carbons (Fsp3) is 0.957. The molecule has 4 aliphatic rings. The van der Waals surface area contributed by atoms with Crippen molar-refractivity contribution in [3.63, 3.8) is 0 Å². The zero-order chi connectivity index (χ0) is 21.3. The summed E-state index contributed by atoms with van der Waals surface area (Å²) in [6.07, 6.45) is 6.46. The van der Waals surface area contributed by atoms with Gasteiger partial charge in [-0.3, -0.25) is 0 Å². The average molecular weight is 430 g/mol. The molecule has 0 aromatic carbocycles. The molecule has 4 fully saturated rings. The Kier molecular flexibility index (Phi) is 7.21. The summed E-state index contributed by atoms with van der Waals surface area (Å²) in [5, 5.41) is 8.35. The molecule has 6 heteroatoms. The molecule has 29 heavy (non-hydrogen) atoms. The molecular weight excluding hydrogens is 393 g/mol. The molecule has 166 valence electrons. The number of ether oxygens (including phenoxy) is 3. The van der Waals surface area contributed by atoms with Crippen molar-refractivity contribution in [2.45, 2.75) is 108 Å². The predicted octanol–water partition coefficient (Wildman–Crippen LogP) is 6.32. The molecule has 0 radical (unpaired) electrons. The van der Waals surface area contributed by atoms with Gasteiger partial charge in [-0.15, -0.1) is 0 Å². The maximum absolute atomic E-state index is 16.2. The first-order chi connectivity index (χ1) is 13.7. The van der Waals surface area contributed by atoms with Crippen molar-refractivity contribution in [3.8, 4) is 6.07 Å². The van der Waals surface area contributed by atoms with Crippen molar-refractivity contribution in [2.24, 2.45) is 23.7 Å². The molecule has 0 aromatic rings. The van der Waals surface area contributed by atoms with Gasteiger partial charge in [0.25, 0.3) is 0 Å². The Labute approximate surface area is 180 Å². The third kappa shape index (κ3) is 4.92. The molecule has 4 aliphatic carbocycles. The Morgan fingerprint density at radius 3 is 2.41 bits per heavy atom. The van der Waals surface area contributed by atoms with Crippen LogP contribution in [0.1, 0.15) is 85.5 Å². The molecule has 0 aliphatic heterocycles. The minimum absolute atomic E-state index is 0.175. The zero-order valence-electron chi connectivity index (χ0n) is 18.4. The van der Waals surface area contributed by atoms with Gasteiger partial charge in [-0.1, -0.05) is 31.9 Å². The molecule has 0 spiro atoms. The standard InChI is InChI=1S/C23H37ClFNO3/c1-5-7-8-27-17(4)28-23(25)19-9-18-10-20(23)14-21(12-18,13-19)29-22(24,6-2)11-16(3)15-26/h16-20H,5-14H2,1-4H3. The van der Waals surface area contributed by atoms with Crippen LogP contribution in [0.15, 0.2) is 0 Å². The summed E-state index contributed by atoms with van der Waals surface area (Å²) >= 11 is 6.84. The van der Waals surface area contributed by atoms with Gasteiger partial charge in [0, 0.05) is 30.8 Å². The molecule has 5 atom stereocenters. The lowest BCUT2D eigenvalue weighted by Crippen LogP contribution is -2.65. The van der Waals surface area contributed by atoms with Gasteiger partial charge in [-0.25, -0.2) is 4.39 Å². The van der Waals surface area contributed by atoms with E-state index in [0.29, 0.717) is 38.2 Å². The second-order valence-electron chi connectivity index (χ2n) is 9.71. The van der Waals surface area contributed by atoms with E-state index in [1.54, 1.807) is 6.92 Å². The smallest absolute Gasteiger partial charge is 0.217 e. The first kappa shape index (κ1) is 23.3. The molecule has 0 heterocycles. The average Bonchev–Trinajstić information content (AvgIpc) is 2.65. The number of halogens is 2. The van der Waals surface area contributed by atoms with Crippen LogP contribution in [-0.4, -0.2) is 29.4 Å². The van der Waals surface area contributed by atoms with E-state index in [1.165, 1.54) is 0 Å². The fourth-order valence-electron chi connectivity index (χ4n) is 5.99. The lowest BCUT2D eigenvalue weighted by Gasteiger charge is -2.62. The first-order valence-electron chi connectivity index (χ1n) is 11.4. The van der Waals surface area contributed by atoms with E-state index in [0.717, 1.165) is 32.1 Å². The Bertz CT molecular complexity index is 595. The number of rotatable bonds is 11. The summed E-state index contributed by atoms with van der Waals surface area (Å²) in [4.78, 5) is 0. The monoisotopic (exact) mass is 429 g/mol. The number of hydrogen-bond donors (Lipinski definition) is 0. The summed E-state index contributed by atoms with van der Waals surface area (Å²) in [6, 6.07) is 2.26. The van der Waals surface area contributed by atoms with Gasteiger partial charge in [-0.05, 0) is 64.7 Å². The third-order valence-corrected chi connectivity index (χ3v) is 7.70. The molecule has 4 rings (SSSR count). The Hall–Kier alpha value is -0.410. The summed E-state index contributed by atoms with van der Waals surface area (Å²) in [7, 11) is 0. The second kappa shape index (κ2) is 8.99. The topological polar surface area (TPSA) is 51.5 Å². The van der Waals surface area contributed by atoms with Gasteiger partial charge in [0.15, 0.2) is 6.29 Å². The Balaban J connectivity index is 1.70. The molecule has 5 unspecified atom stereocenters. The van der Waals surface area contributed by atoms with Crippen molar-refractivity contribution in [2.75, 3.05) is 6.61 Å². The fourth-order valence-corrected chi connectivity index (χ4v) is 6.39. The SMILES string of the molecule is CCCCOC(C)OC1(F)C2CC3CC1CC(OC(Cl)(CC)CC(C)C#N)(C3)C2. The van der Waals surface area contributed by atoms with Crippen LogP contribution in [0.4, 0.5) is 4.39 Å². The van der Waals surface area contributed by atoms with Crippen LogP contribution in [0, 0.1) is 35.0 Å². The van der Waals surface area contributed by atoms with Crippen LogP contribution in [0.2, 0.25) is 0 Å². The van der Waals surface area contributed by atoms with Crippen molar-refractivity contribution in [1.29, 1.82) is 5.26 Å². The van der Waals surface area contributed by atoms with E-state index in [-0.39, 0.29) is 17.8 Å². The van der Waals surface area contributed by atoms with Gasteiger partial charge in [-0.2, -0.15) is 5.26 Å². The largest absolute Gasteiger partial charge is 0.353 e. The maximum atomic E-state index is 16.2. The van der Waals surface area contributed by atoms with Gasteiger partial charge in [0.05, 0.1) is 11.7 Å². The highest BCUT2D eigenvalue weighted by Crippen LogP contribution is 2.64. The summed E-state index contributed by atoms with van der Waals surface area (Å²) < 4.78 is 34.4. The number of unbranched alkanes of at least 4 members (excludes halogenated alkanes) is 1. The highest BCUT2D eigenvalue weighted by molar-refractivity contribution is 6.22. The highest BCUT2D eigenvalue weighted by atomic mass is 35.5. The quantitative estimate of drug-likeness (QED) is 0.219. The number of alkyl halides is 2. The van der Waals surface area contributed by atoms with Gasteiger partial charge < -0.3 is 14.2 Å². The van der Waals surface area contributed by atoms with Gasteiger partial charge >= 0.3 is 0 Å². The van der Waals surface area contributed by atoms with E-state index in [4.69, 9.17) is 25.8 Å². The van der Waals surface area contributed by atoms with Gasteiger partial charge in [0.2, 0.25) is 5.85 Å². The Morgan fingerprint density at radius 2 is 1.86 bits per heavy atom. The van der Waals surface area contributed by atoms with Crippen LogP contribution < -0.4 is 0 Å². The minimum atomic E-state index is -1.64. The normalized spacial score (nSPS) is 39.7. The molecule has 0 N–H and O–H groups in total. The molecule has 0 saturated heterocycles. The number of hydrogen-bond acceptors (Lipinski definition) is 4.